The molecule has 0 aromatic heterocycles. The van der Waals surface area contributed by atoms with E-state index in [1.165, 1.54) is 21.1 Å². The largest absolute Gasteiger partial charge is 0.459 e. The summed E-state index contributed by atoms with van der Waals surface area (Å²) in [5.74, 6) is -43.5. The number of nitrogens with one attached hydrogen (secondary N) is 1. The van der Waals surface area contributed by atoms with Crippen molar-refractivity contribution in [3.05, 3.63) is 0 Å². The molecule has 0 saturated heterocycles. The van der Waals surface area contributed by atoms with Gasteiger partial charge in [0.15, 0.2) is 13.2 Å². The van der Waals surface area contributed by atoms with Gasteiger partial charge in [-0.1, -0.05) is 0 Å². The molecule has 0 spiro atoms. The van der Waals surface area contributed by atoms with Crippen LogP contribution < -0.4 is 5.32 Å². The van der Waals surface area contributed by atoms with E-state index in [1.807, 2.05) is 0 Å². The first-order valence-electron chi connectivity index (χ1n) is 10.7. The lowest BCUT2D eigenvalue weighted by molar-refractivity contribution is -0.869. The van der Waals surface area contributed by atoms with Crippen molar-refractivity contribution >= 4 is 11.9 Å². The molecule has 0 aliphatic rings. The number of rotatable bonds is 17. The first kappa shape index (κ1) is 38.7. The van der Waals surface area contributed by atoms with Gasteiger partial charge in [-0.15, -0.1) is 0 Å². The predicted molar refractivity (Wildman–Crippen MR) is 103 cm³/mol. The summed E-state index contributed by atoms with van der Waals surface area (Å²) in [7, 11) is 4.56. The Labute approximate surface area is 220 Å². The van der Waals surface area contributed by atoms with Gasteiger partial charge in [-0.2, -0.15) is 52.7 Å². The van der Waals surface area contributed by atoms with E-state index in [2.05, 4.69) is 14.8 Å². The van der Waals surface area contributed by atoms with Crippen molar-refractivity contribution in [1.29, 1.82) is 0 Å². The van der Waals surface area contributed by atoms with Crippen LogP contribution in [0.25, 0.3) is 0 Å². The van der Waals surface area contributed by atoms with E-state index in [9.17, 15) is 79.8 Å². The number of ether oxygens (including phenoxy) is 2. The van der Waals surface area contributed by atoms with Crippen molar-refractivity contribution in [3.63, 3.8) is 0 Å². The quantitative estimate of drug-likeness (QED) is 0.144. The van der Waals surface area contributed by atoms with Crippen molar-refractivity contribution in [3.8, 4) is 0 Å². The second-order valence-electron chi connectivity index (χ2n) is 9.40. The number of nitrogens with zero attached hydrogens (tertiary/aromatic N) is 1. The summed E-state index contributed by atoms with van der Waals surface area (Å²) in [6.07, 6.45) is -12.3. The van der Waals surface area contributed by atoms with Gasteiger partial charge in [-0.25, -0.2) is 17.6 Å². The Morgan fingerprint density at radius 2 is 1.05 bits per heavy atom. The fourth-order valence-corrected chi connectivity index (χ4v) is 2.42. The lowest BCUT2D eigenvalue weighted by atomic mass is 10.1. The van der Waals surface area contributed by atoms with Crippen molar-refractivity contribution in [2.24, 2.45) is 0 Å². The molecular formula is C19H23F16N2O4+. The van der Waals surface area contributed by atoms with Crippen molar-refractivity contribution in [1.82, 2.24) is 5.32 Å². The van der Waals surface area contributed by atoms with E-state index in [4.69, 9.17) is 0 Å². The van der Waals surface area contributed by atoms with Crippen LogP contribution in [0.1, 0.15) is 6.42 Å². The lowest BCUT2D eigenvalue weighted by Crippen LogP contribution is -2.59. The molecule has 0 aromatic rings. The third-order valence-corrected chi connectivity index (χ3v) is 4.94. The Kier molecular flexibility index (Phi) is 12.2. The predicted octanol–water partition coefficient (Wildman–Crippen LogP) is 4.47. The normalized spacial score (nSPS) is 15.3. The van der Waals surface area contributed by atoms with Crippen molar-refractivity contribution < 1.29 is 93.8 Å². The Balaban J connectivity index is 5.71. The highest BCUT2D eigenvalue weighted by atomic mass is 19.4. The summed E-state index contributed by atoms with van der Waals surface area (Å²) in [5.41, 5.74) is 0. The molecule has 0 rings (SSSR count). The summed E-state index contributed by atoms with van der Waals surface area (Å²) in [4.78, 5) is 23.9. The third-order valence-electron chi connectivity index (χ3n) is 4.94. The number of hydrogen-bond donors (Lipinski definition) is 1. The molecule has 0 amide bonds. The topological polar surface area (TPSA) is 64.6 Å². The maximum absolute atomic E-state index is 13.6. The first-order chi connectivity index (χ1) is 18.0. The fourth-order valence-electron chi connectivity index (χ4n) is 2.42. The molecule has 1 unspecified atom stereocenters. The SMILES string of the molecule is C[N+](C)(C)CCNC(CC(=O)OCC(F)(F)C(F)(F)C(F)(F)C(F)F)C(=O)OCC(F)(F)C(F)(F)C(F)(F)C(F)F. The van der Waals surface area contributed by atoms with Gasteiger partial charge < -0.3 is 14.0 Å². The number of quaternary nitrogens is 1. The van der Waals surface area contributed by atoms with Gasteiger partial charge in [0.25, 0.3) is 0 Å². The van der Waals surface area contributed by atoms with Crippen LogP contribution in [0.3, 0.4) is 0 Å². The second kappa shape index (κ2) is 12.9. The second-order valence-corrected chi connectivity index (χ2v) is 9.40. The summed E-state index contributed by atoms with van der Waals surface area (Å²) < 4.78 is 215. The molecule has 0 aliphatic carbocycles. The summed E-state index contributed by atoms with van der Waals surface area (Å²) in [6.45, 7) is -6.40. The minimum absolute atomic E-state index is 0.0132. The van der Waals surface area contributed by atoms with Gasteiger partial charge >= 0.3 is 60.3 Å². The van der Waals surface area contributed by atoms with Gasteiger partial charge in [0.05, 0.1) is 34.1 Å². The average Bonchev–Trinajstić information content (AvgIpc) is 2.79. The summed E-state index contributed by atoms with van der Waals surface area (Å²) in [5, 5.41) is 2.05. The van der Waals surface area contributed by atoms with Crippen LogP contribution in [0, 0.1) is 0 Å². The smallest absolute Gasteiger partial charge is 0.381 e. The molecule has 0 fully saturated rings. The van der Waals surface area contributed by atoms with E-state index >= 15 is 0 Å². The van der Waals surface area contributed by atoms with Crippen LogP contribution in [-0.2, 0) is 19.1 Å². The van der Waals surface area contributed by atoms with E-state index in [0.717, 1.165) is 0 Å². The molecule has 0 saturated carbocycles. The minimum Gasteiger partial charge on any atom is -0.459 e. The van der Waals surface area contributed by atoms with Crippen LogP contribution in [-0.4, -0.2) is 118 Å². The number of esters is 2. The zero-order valence-corrected chi connectivity index (χ0v) is 20.9. The molecule has 244 valence electrons. The van der Waals surface area contributed by atoms with Gasteiger partial charge in [0.1, 0.15) is 6.04 Å². The van der Waals surface area contributed by atoms with Gasteiger partial charge in [0, 0.05) is 6.54 Å². The fraction of sp³-hybridized carbons (Fsp3) is 0.895. The number of alkyl halides is 16. The van der Waals surface area contributed by atoms with E-state index in [-0.39, 0.29) is 11.0 Å². The molecule has 0 bridgehead atoms. The molecule has 22 heteroatoms. The Morgan fingerprint density at radius 1 is 0.683 bits per heavy atom. The maximum Gasteiger partial charge on any atom is 0.381 e. The average molecular weight is 647 g/mol. The summed E-state index contributed by atoms with van der Waals surface area (Å²) in [6, 6.07) is -2.37. The van der Waals surface area contributed by atoms with Gasteiger partial charge in [-0.3, -0.25) is 14.9 Å². The van der Waals surface area contributed by atoms with Crippen LogP contribution >= 0.6 is 0 Å². The van der Waals surface area contributed by atoms with Crippen LogP contribution in [0.4, 0.5) is 70.2 Å². The molecular weight excluding hydrogens is 624 g/mol. The number of likely N-dealkylation sites (N-methyl/N-ethyl adjacent to an activating group) is 1. The van der Waals surface area contributed by atoms with E-state index < -0.39 is 92.5 Å². The Hall–Kier alpha value is -2.26. The van der Waals surface area contributed by atoms with Crippen molar-refractivity contribution in [2.45, 2.75) is 60.8 Å². The number of carbonyl (C=O) groups is 2. The highest BCUT2D eigenvalue weighted by molar-refractivity contribution is 5.82. The molecule has 6 nitrogen and oxygen atoms in total. The zero-order valence-electron chi connectivity index (χ0n) is 20.9. The minimum atomic E-state index is -6.79. The van der Waals surface area contributed by atoms with E-state index in [1.54, 1.807) is 0 Å². The summed E-state index contributed by atoms with van der Waals surface area (Å²) >= 11 is 0. The molecule has 0 aromatic carbocycles. The highest BCUT2D eigenvalue weighted by Crippen LogP contribution is 2.49. The molecule has 0 radical (unpaired) electrons. The number of carbonyl (C=O) groups excluding carboxylic acids is 2. The molecule has 41 heavy (non-hydrogen) atoms. The maximum atomic E-state index is 13.6. The van der Waals surface area contributed by atoms with Crippen LogP contribution in [0.2, 0.25) is 0 Å². The number of hydrogen-bond acceptors (Lipinski definition) is 5. The van der Waals surface area contributed by atoms with Crippen LogP contribution in [0.15, 0.2) is 0 Å². The Morgan fingerprint density at radius 3 is 1.39 bits per heavy atom. The zero-order chi connectivity index (χ0) is 33.0. The molecule has 0 aliphatic heterocycles. The Bertz CT molecular complexity index is 893. The van der Waals surface area contributed by atoms with E-state index in [0.29, 0.717) is 0 Å². The standard InChI is InChI=1S/C19H23F16N2O4/c1-37(2,3)5-4-36-9(11(39)41-8-15(26,27)19(34,35)17(30,31)13(22)23)6-10(38)40-7-14(24,25)18(32,33)16(28,29)12(20)21/h9,12-13,36H,4-8H2,1-3H3/q+1. The highest BCUT2D eigenvalue weighted by Gasteiger charge is 2.76. The van der Waals surface area contributed by atoms with Crippen LogP contribution in [0.5, 0.6) is 0 Å². The molecule has 1 atom stereocenters. The third kappa shape index (κ3) is 9.11. The number of halogens is 16. The molecule has 0 heterocycles. The monoisotopic (exact) mass is 647 g/mol. The van der Waals surface area contributed by atoms with Gasteiger partial charge in [0.2, 0.25) is 0 Å². The first-order valence-corrected chi connectivity index (χ1v) is 10.7. The van der Waals surface area contributed by atoms with Crippen molar-refractivity contribution in [2.75, 3.05) is 47.4 Å². The lowest BCUT2D eigenvalue weighted by Gasteiger charge is -2.32. The van der Waals surface area contributed by atoms with Gasteiger partial charge in [-0.05, 0) is 0 Å². The molecule has 1 N–H and O–H groups in total.